The zero-order chi connectivity index (χ0) is 13.9. The molecule has 0 fully saturated rings. The third-order valence-electron chi connectivity index (χ3n) is 3.03. The van der Waals surface area contributed by atoms with Crippen LogP contribution in [-0.2, 0) is 13.0 Å². The lowest BCUT2D eigenvalue weighted by molar-refractivity contribution is 1.09. The van der Waals surface area contributed by atoms with E-state index in [2.05, 4.69) is 56.3 Å². The molecule has 0 saturated heterocycles. The van der Waals surface area contributed by atoms with Gasteiger partial charge < -0.3 is 5.32 Å². The second-order valence-electron chi connectivity index (χ2n) is 4.46. The van der Waals surface area contributed by atoms with Crippen molar-refractivity contribution in [1.29, 1.82) is 0 Å². The monoisotopic (exact) mass is 347 g/mol. The van der Waals surface area contributed by atoms with Crippen molar-refractivity contribution in [3.63, 3.8) is 0 Å². The summed E-state index contributed by atoms with van der Waals surface area (Å²) < 4.78 is 0.997. The lowest BCUT2D eigenvalue weighted by Gasteiger charge is -2.08. The summed E-state index contributed by atoms with van der Waals surface area (Å²) in [6.07, 6.45) is 4.77. The van der Waals surface area contributed by atoms with Gasteiger partial charge in [-0.15, -0.1) is 11.3 Å². The normalized spacial score (nSPS) is 10.9. The number of benzene rings is 1. The van der Waals surface area contributed by atoms with Gasteiger partial charge >= 0.3 is 0 Å². The minimum Gasteiger partial charge on any atom is -0.378 e. The maximum Gasteiger partial charge on any atom is 0.0934 e. The lowest BCUT2D eigenvalue weighted by Crippen LogP contribution is -1.98. The summed E-state index contributed by atoms with van der Waals surface area (Å²) in [6, 6.07) is 8.25. The first-order chi connectivity index (χ1) is 9.76. The summed E-state index contributed by atoms with van der Waals surface area (Å²) in [7, 11) is 0. The van der Waals surface area contributed by atoms with E-state index in [-0.39, 0.29) is 0 Å². The highest BCUT2D eigenvalue weighted by atomic mass is 79.9. The van der Waals surface area contributed by atoms with Gasteiger partial charge in [-0.05, 0) is 34.5 Å². The lowest BCUT2D eigenvalue weighted by atomic mass is 10.2. The van der Waals surface area contributed by atoms with Gasteiger partial charge in [-0.3, -0.25) is 4.98 Å². The summed E-state index contributed by atoms with van der Waals surface area (Å²) in [6.45, 7) is 2.91. The van der Waals surface area contributed by atoms with Gasteiger partial charge in [0.2, 0.25) is 0 Å². The second-order valence-corrected chi connectivity index (χ2v) is 6.57. The van der Waals surface area contributed by atoms with Crippen LogP contribution in [0.25, 0.3) is 10.9 Å². The topological polar surface area (TPSA) is 37.8 Å². The number of nitrogens with one attached hydrogen (secondary N) is 1. The highest BCUT2D eigenvalue weighted by Crippen LogP contribution is 2.25. The minimum absolute atomic E-state index is 0.786. The quantitative estimate of drug-likeness (QED) is 0.747. The van der Waals surface area contributed by atoms with Crippen molar-refractivity contribution in [3.05, 3.63) is 51.0 Å². The van der Waals surface area contributed by atoms with Crippen molar-refractivity contribution in [2.24, 2.45) is 0 Å². The van der Waals surface area contributed by atoms with Crippen LogP contribution in [0, 0.1) is 0 Å². The number of thiazole rings is 1. The Morgan fingerprint density at radius 1 is 1.25 bits per heavy atom. The number of rotatable bonds is 4. The van der Waals surface area contributed by atoms with Crippen molar-refractivity contribution in [2.75, 3.05) is 5.32 Å². The van der Waals surface area contributed by atoms with Crippen LogP contribution in [0.1, 0.15) is 16.8 Å². The minimum atomic E-state index is 0.786. The van der Waals surface area contributed by atoms with Crippen LogP contribution in [0.4, 0.5) is 5.69 Å². The first-order valence-electron chi connectivity index (χ1n) is 6.48. The fourth-order valence-electron chi connectivity index (χ4n) is 2.05. The smallest absolute Gasteiger partial charge is 0.0934 e. The van der Waals surface area contributed by atoms with Gasteiger partial charge in [-0.25, -0.2) is 4.98 Å². The Bertz CT molecular complexity index is 739. The standard InChI is InChI=1S/C15H14BrN3S/c1-2-14-18-9-12(20-14)8-17-13-5-3-4-10-6-11(16)7-19-15(10)13/h3-7,9,17H,2,8H2,1H3. The molecule has 2 heterocycles. The molecule has 3 nitrogen and oxygen atoms in total. The van der Waals surface area contributed by atoms with Crippen molar-refractivity contribution in [3.8, 4) is 0 Å². The molecule has 1 N–H and O–H groups in total. The average Bonchev–Trinajstić information content (AvgIpc) is 2.92. The number of pyridine rings is 1. The molecule has 0 aliphatic rings. The molecule has 0 bridgehead atoms. The van der Waals surface area contributed by atoms with E-state index in [4.69, 9.17) is 0 Å². The Labute approximate surface area is 130 Å². The molecule has 0 amide bonds. The zero-order valence-corrected chi connectivity index (χ0v) is 13.5. The number of anilines is 1. The number of hydrogen-bond donors (Lipinski definition) is 1. The van der Waals surface area contributed by atoms with E-state index in [1.54, 1.807) is 11.3 Å². The van der Waals surface area contributed by atoms with Crippen LogP contribution >= 0.6 is 27.3 Å². The Kier molecular flexibility index (Phi) is 3.98. The van der Waals surface area contributed by atoms with E-state index >= 15 is 0 Å². The highest BCUT2D eigenvalue weighted by molar-refractivity contribution is 9.10. The van der Waals surface area contributed by atoms with Crippen molar-refractivity contribution < 1.29 is 0 Å². The molecule has 0 saturated carbocycles. The molecule has 102 valence electrons. The maximum absolute atomic E-state index is 4.49. The number of aryl methyl sites for hydroxylation is 1. The third kappa shape index (κ3) is 2.83. The molecule has 0 spiro atoms. The largest absolute Gasteiger partial charge is 0.378 e. The second kappa shape index (κ2) is 5.89. The third-order valence-corrected chi connectivity index (χ3v) is 4.61. The fraction of sp³-hybridized carbons (Fsp3) is 0.200. The summed E-state index contributed by atoms with van der Waals surface area (Å²) in [5, 5.41) is 5.76. The predicted molar refractivity (Wildman–Crippen MR) is 88.3 cm³/mol. The van der Waals surface area contributed by atoms with E-state index in [0.29, 0.717) is 0 Å². The first-order valence-corrected chi connectivity index (χ1v) is 8.09. The van der Waals surface area contributed by atoms with Crippen LogP contribution < -0.4 is 5.32 Å². The predicted octanol–water partition coefficient (Wildman–Crippen LogP) is 4.63. The molecule has 0 aliphatic heterocycles. The van der Waals surface area contributed by atoms with Crippen LogP contribution in [0.15, 0.2) is 41.1 Å². The first kappa shape index (κ1) is 13.5. The molecular formula is C15H14BrN3S. The zero-order valence-electron chi connectivity index (χ0n) is 11.1. The molecule has 0 aliphatic carbocycles. The molecule has 5 heteroatoms. The molecule has 20 heavy (non-hydrogen) atoms. The van der Waals surface area contributed by atoms with Gasteiger partial charge in [0.05, 0.1) is 22.8 Å². The summed E-state index contributed by atoms with van der Waals surface area (Å²) in [5.41, 5.74) is 2.05. The molecule has 0 radical (unpaired) electrons. The van der Waals surface area contributed by atoms with E-state index in [0.717, 1.165) is 34.0 Å². The van der Waals surface area contributed by atoms with Crippen LogP contribution in [0.3, 0.4) is 0 Å². The van der Waals surface area contributed by atoms with E-state index < -0.39 is 0 Å². The molecular weight excluding hydrogens is 334 g/mol. The van der Waals surface area contributed by atoms with E-state index in [1.165, 1.54) is 9.88 Å². The summed E-state index contributed by atoms with van der Waals surface area (Å²) in [5.74, 6) is 0. The summed E-state index contributed by atoms with van der Waals surface area (Å²) >= 11 is 5.21. The Morgan fingerprint density at radius 3 is 2.95 bits per heavy atom. The fourth-order valence-corrected chi connectivity index (χ4v) is 3.20. The highest BCUT2D eigenvalue weighted by Gasteiger charge is 2.04. The Balaban J connectivity index is 1.83. The van der Waals surface area contributed by atoms with Gasteiger partial charge in [0.15, 0.2) is 0 Å². The SMILES string of the molecule is CCc1ncc(CNc2cccc3cc(Br)cnc23)s1. The number of hydrogen-bond acceptors (Lipinski definition) is 4. The molecule has 3 aromatic rings. The van der Waals surface area contributed by atoms with E-state index in [1.807, 2.05) is 18.5 Å². The molecule has 2 aromatic heterocycles. The molecule has 3 rings (SSSR count). The average molecular weight is 348 g/mol. The number of nitrogens with zero attached hydrogens (tertiary/aromatic N) is 2. The molecule has 0 unspecified atom stereocenters. The number of halogens is 1. The van der Waals surface area contributed by atoms with Gasteiger partial charge in [-0.1, -0.05) is 19.1 Å². The number of para-hydroxylation sites is 1. The van der Waals surface area contributed by atoms with Gasteiger partial charge in [0.25, 0.3) is 0 Å². The van der Waals surface area contributed by atoms with Crippen LogP contribution in [0.5, 0.6) is 0 Å². The Hall–Kier alpha value is -1.46. The Morgan fingerprint density at radius 2 is 2.15 bits per heavy atom. The molecule has 1 aromatic carbocycles. The maximum atomic E-state index is 4.49. The van der Waals surface area contributed by atoms with Crippen LogP contribution in [0.2, 0.25) is 0 Å². The van der Waals surface area contributed by atoms with E-state index in [9.17, 15) is 0 Å². The van der Waals surface area contributed by atoms with Crippen molar-refractivity contribution >= 4 is 43.9 Å². The van der Waals surface area contributed by atoms with Gasteiger partial charge in [0.1, 0.15) is 0 Å². The van der Waals surface area contributed by atoms with Gasteiger partial charge in [0, 0.05) is 27.1 Å². The van der Waals surface area contributed by atoms with Crippen LogP contribution in [-0.4, -0.2) is 9.97 Å². The number of aromatic nitrogens is 2. The van der Waals surface area contributed by atoms with Crippen molar-refractivity contribution in [1.82, 2.24) is 9.97 Å². The van der Waals surface area contributed by atoms with Crippen molar-refractivity contribution in [2.45, 2.75) is 19.9 Å². The number of fused-ring (bicyclic) bond motifs is 1. The summed E-state index contributed by atoms with van der Waals surface area (Å²) in [4.78, 5) is 10.1. The molecule has 0 atom stereocenters. The van der Waals surface area contributed by atoms with Gasteiger partial charge in [-0.2, -0.15) is 0 Å².